The van der Waals surface area contributed by atoms with E-state index in [1.807, 2.05) is 54.8 Å². The molecule has 0 aliphatic rings. The Labute approximate surface area is 145 Å². The predicted molar refractivity (Wildman–Crippen MR) is 96.2 cm³/mol. The number of carbonyl (C=O) groups is 1. The third-order valence-corrected chi connectivity index (χ3v) is 5.18. The number of hydrogen-bond acceptors (Lipinski definition) is 3. The van der Waals surface area contributed by atoms with Gasteiger partial charge in [0.1, 0.15) is 12.3 Å². The minimum absolute atomic E-state index is 0.0376. The molecule has 1 heterocycles. The van der Waals surface area contributed by atoms with Gasteiger partial charge in [-0.05, 0) is 44.2 Å². The van der Waals surface area contributed by atoms with Crippen LogP contribution in [0.3, 0.4) is 0 Å². The lowest BCUT2D eigenvalue weighted by molar-refractivity contribution is -0.137. The van der Waals surface area contributed by atoms with E-state index >= 15 is 0 Å². The number of rotatable bonds is 5. The monoisotopic (exact) mass is 341 g/mol. The first kappa shape index (κ1) is 16.5. The number of hydrogen-bond donors (Lipinski definition) is 1. The maximum atomic E-state index is 11.2. The van der Waals surface area contributed by atoms with Crippen molar-refractivity contribution < 1.29 is 14.6 Å². The van der Waals surface area contributed by atoms with E-state index in [-0.39, 0.29) is 6.54 Å². The molecule has 0 fully saturated rings. The molecule has 0 saturated heterocycles. The van der Waals surface area contributed by atoms with Crippen LogP contribution in [-0.2, 0) is 11.3 Å². The van der Waals surface area contributed by atoms with Gasteiger partial charge in [-0.2, -0.15) is 0 Å². The molecule has 0 aliphatic heterocycles. The van der Waals surface area contributed by atoms with Crippen molar-refractivity contribution in [2.24, 2.45) is 0 Å². The summed E-state index contributed by atoms with van der Waals surface area (Å²) in [5, 5.41) is 10.3. The average Bonchev–Trinajstić information content (AvgIpc) is 2.80. The Morgan fingerprint density at radius 1 is 1.21 bits per heavy atom. The van der Waals surface area contributed by atoms with Gasteiger partial charge < -0.3 is 14.4 Å². The van der Waals surface area contributed by atoms with Crippen LogP contribution in [0.25, 0.3) is 10.9 Å². The number of nitrogens with zero attached hydrogens (tertiary/aromatic N) is 1. The fourth-order valence-electron chi connectivity index (χ4n) is 2.82. The number of carboxylic acids is 1. The van der Waals surface area contributed by atoms with Crippen LogP contribution in [0.5, 0.6) is 5.75 Å². The Bertz CT molecular complexity index is 914. The molecule has 3 rings (SSSR count). The van der Waals surface area contributed by atoms with E-state index in [4.69, 9.17) is 4.74 Å². The van der Waals surface area contributed by atoms with Gasteiger partial charge in [0.2, 0.25) is 0 Å². The molecule has 0 atom stereocenters. The smallest absolute Gasteiger partial charge is 0.323 e. The second kappa shape index (κ2) is 6.61. The number of aromatic nitrogens is 1. The Morgan fingerprint density at radius 3 is 2.71 bits per heavy atom. The first-order chi connectivity index (χ1) is 11.5. The number of carboxylic acid groups (broad SMARTS) is 1. The Balaban J connectivity index is 2.13. The molecule has 0 aliphatic carbocycles. The SMILES string of the molecule is COc1cccc(Sc2c(C)n(CC(=O)O)c3ccc(C)cc23)c1. The van der Waals surface area contributed by atoms with Crippen molar-refractivity contribution in [3.8, 4) is 5.75 Å². The van der Waals surface area contributed by atoms with Crippen molar-refractivity contribution in [3.63, 3.8) is 0 Å². The van der Waals surface area contributed by atoms with E-state index < -0.39 is 5.97 Å². The summed E-state index contributed by atoms with van der Waals surface area (Å²) in [5.74, 6) is -0.0309. The molecule has 1 aromatic heterocycles. The fourth-order valence-corrected chi connectivity index (χ4v) is 3.90. The summed E-state index contributed by atoms with van der Waals surface area (Å²) in [6.45, 7) is 3.98. The van der Waals surface area contributed by atoms with E-state index in [9.17, 15) is 9.90 Å². The minimum Gasteiger partial charge on any atom is -0.497 e. The van der Waals surface area contributed by atoms with Crippen LogP contribution < -0.4 is 4.74 Å². The highest BCUT2D eigenvalue weighted by Crippen LogP contribution is 2.39. The molecule has 1 N–H and O–H groups in total. The maximum absolute atomic E-state index is 11.2. The van der Waals surface area contributed by atoms with Gasteiger partial charge in [0.05, 0.1) is 7.11 Å². The highest BCUT2D eigenvalue weighted by Gasteiger charge is 2.17. The van der Waals surface area contributed by atoms with Crippen LogP contribution in [-0.4, -0.2) is 22.8 Å². The van der Waals surface area contributed by atoms with Gasteiger partial charge >= 0.3 is 5.97 Å². The molecule has 124 valence electrons. The molecular weight excluding hydrogens is 322 g/mol. The number of ether oxygens (including phenoxy) is 1. The Hall–Kier alpha value is -2.40. The van der Waals surface area contributed by atoms with Crippen LogP contribution in [0.15, 0.2) is 52.3 Å². The van der Waals surface area contributed by atoms with Crippen LogP contribution in [0.4, 0.5) is 0 Å². The third-order valence-electron chi connectivity index (χ3n) is 3.98. The van der Waals surface area contributed by atoms with Crippen LogP contribution in [0.1, 0.15) is 11.3 Å². The zero-order valence-electron chi connectivity index (χ0n) is 13.9. The summed E-state index contributed by atoms with van der Waals surface area (Å²) in [5.41, 5.74) is 3.07. The van der Waals surface area contributed by atoms with Crippen molar-refractivity contribution in [2.75, 3.05) is 7.11 Å². The lowest BCUT2D eigenvalue weighted by Crippen LogP contribution is -2.09. The summed E-state index contributed by atoms with van der Waals surface area (Å²) in [6, 6.07) is 14.0. The van der Waals surface area contributed by atoms with Crippen LogP contribution in [0, 0.1) is 13.8 Å². The summed E-state index contributed by atoms with van der Waals surface area (Å²) >= 11 is 1.64. The van der Waals surface area contributed by atoms with Gasteiger partial charge in [-0.25, -0.2) is 0 Å². The molecule has 0 saturated carbocycles. The van der Waals surface area contributed by atoms with Crippen molar-refractivity contribution in [1.29, 1.82) is 0 Å². The molecule has 0 spiro atoms. The molecule has 5 heteroatoms. The normalized spacial score (nSPS) is 11.0. The minimum atomic E-state index is -0.839. The van der Waals surface area contributed by atoms with Crippen LogP contribution >= 0.6 is 11.8 Å². The van der Waals surface area contributed by atoms with E-state index in [1.165, 1.54) is 0 Å². The van der Waals surface area contributed by atoms with Gasteiger partial charge in [0.25, 0.3) is 0 Å². The van der Waals surface area contributed by atoms with E-state index in [1.54, 1.807) is 18.9 Å². The molecule has 0 amide bonds. The second-order valence-electron chi connectivity index (χ2n) is 5.70. The van der Waals surface area contributed by atoms with Gasteiger partial charge in [-0.1, -0.05) is 29.5 Å². The Morgan fingerprint density at radius 2 is 2.00 bits per heavy atom. The summed E-state index contributed by atoms with van der Waals surface area (Å²) in [6.07, 6.45) is 0. The molecule has 4 nitrogen and oxygen atoms in total. The quantitative estimate of drug-likeness (QED) is 0.742. The van der Waals surface area contributed by atoms with Crippen molar-refractivity contribution >= 4 is 28.6 Å². The first-order valence-electron chi connectivity index (χ1n) is 7.62. The number of benzene rings is 2. The zero-order valence-corrected chi connectivity index (χ0v) is 14.7. The lowest BCUT2D eigenvalue weighted by atomic mass is 10.2. The van der Waals surface area contributed by atoms with Gasteiger partial charge in [0.15, 0.2) is 0 Å². The molecule has 0 unspecified atom stereocenters. The van der Waals surface area contributed by atoms with Crippen LogP contribution in [0.2, 0.25) is 0 Å². The maximum Gasteiger partial charge on any atom is 0.323 e. The number of methoxy groups -OCH3 is 1. The Kier molecular flexibility index (Phi) is 4.53. The molecule has 0 radical (unpaired) electrons. The van der Waals surface area contributed by atoms with Crippen molar-refractivity contribution in [2.45, 2.75) is 30.2 Å². The molecule has 2 aromatic carbocycles. The van der Waals surface area contributed by atoms with Crippen molar-refractivity contribution in [1.82, 2.24) is 4.57 Å². The molecular formula is C19H19NO3S. The number of fused-ring (bicyclic) bond motifs is 1. The standard InChI is InChI=1S/C19H19NO3S/c1-12-7-8-17-16(9-12)19(13(2)20(17)11-18(21)22)24-15-6-4-5-14(10-15)23-3/h4-10H,11H2,1-3H3,(H,21,22). The van der Waals surface area contributed by atoms with E-state index in [0.29, 0.717) is 0 Å². The molecule has 0 bridgehead atoms. The highest BCUT2D eigenvalue weighted by atomic mass is 32.2. The van der Waals surface area contributed by atoms with Gasteiger partial charge in [-0.15, -0.1) is 0 Å². The van der Waals surface area contributed by atoms with Gasteiger partial charge in [-0.3, -0.25) is 4.79 Å². The lowest BCUT2D eigenvalue weighted by Gasteiger charge is -2.06. The highest BCUT2D eigenvalue weighted by molar-refractivity contribution is 7.99. The fraction of sp³-hybridized carbons (Fsp3) is 0.211. The van der Waals surface area contributed by atoms with E-state index in [2.05, 4.69) is 6.07 Å². The summed E-state index contributed by atoms with van der Waals surface area (Å²) < 4.78 is 7.15. The average molecular weight is 341 g/mol. The second-order valence-corrected chi connectivity index (χ2v) is 6.78. The predicted octanol–water partition coefficient (Wildman–Crippen LogP) is 4.50. The topological polar surface area (TPSA) is 51.5 Å². The first-order valence-corrected chi connectivity index (χ1v) is 8.44. The molecule has 24 heavy (non-hydrogen) atoms. The largest absolute Gasteiger partial charge is 0.497 e. The van der Waals surface area contributed by atoms with E-state index in [0.717, 1.165) is 37.7 Å². The summed E-state index contributed by atoms with van der Waals surface area (Å²) in [4.78, 5) is 13.4. The van der Waals surface area contributed by atoms with Gasteiger partial charge in [0, 0.05) is 26.4 Å². The number of aliphatic carboxylic acids is 1. The van der Waals surface area contributed by atoms with Crippen molar-refractivity contribution in [3.05, 3.63) is 53.7 Å². The number of aryl methyl sites for hydroxylation is 1. The zero-order chi connectivity index (χ0) is 17.3. The summed E-state index contributed by atoms with van der Waals surface area (Å²) in [7, 11) is 1.65. The third kappa shape index (κ3) is 3.12. The molecule has 3 aromatic rings.